The Morgan fingerprint density at radius 1 is 1.06 bits per heavy atom. The van der Waals surface area contributed by atoms with Crippen LogP contribution in [-0.2, 0) is 0 Å². The average molecular weight is 251 g/mol. The second-order valence-corrected chi connectivity index (χ2v) is 3.65. The molecule has 0 aliphatic heterocycles. The highest BCUT2D eigenvalue weighted by molar-refractivity contribution is 6.29. The van der Waals surface area contributed by atoms with E-state index in [1.807, 2.05) is 18.2 Å². The average Bonchev–Trinajstić information content (AvgIpc) is 2.37. The van der Waals surface area contributed by atoms with Crippen LogP contribution >= 0.6 is 11.6 Å². The monoisotopic (exact) mass is 250 g/mol. The minimum Gasteiger partial charge on any atom is -0.496 e. The van der Waals surface area contributed by atoms with Crippen LogP contribution in [0.1, 0.15) is 0 Å². The Kier molecular flexibility index (Phi) is 3.44. The van der Waals surface area contributed by atoms with Gasteiger partial charge in [0, 0.05) is 0 Å². The molecule has 1 heterocycles. The van der Waals surface area contributed by atoms with Crippen LogP contribution in [0.4, 0.5) is 0 Å². The molecule has 2 rings (SSSR count). The minimum absolute atomic E-state index is 0.329. The maximum atomic E-state index is 5.83. The molecule has 4 nitrogen and oxygen atoms in total. The molecule has 0 aliphatic carbocycles. The van der Waals surface area contributed by atoms with Crippen LogP contribution in [0, 0.1) is 0 Å². The SMILES string of the molecule is COc1cccc(OC)c1-c1cncc(Cl)n1. The normalized spacial score (nSPS) is 10.1. The number of nitrogens with zero attached hydrogens (tertiary/aromatic N) is 2. The molecule has 0 N–H and O–H groups in total. The highest BCUT2D eigenvalue weighted by Crippen LogP contribution is 2.36. The molecule has 0 unspecified atom stereocenters. The summed E-state index contributed by atoms with van der Waals surface area (Å²) >= 11 is 5.83. The maximum Gasteiger partial charge on any atom is 0.148 e. The first-order chi connectivity index (χ1) is 8.26. The van der Waals surface area contributed by atoms with Crippen molar-refractivity contribution in [3.63, 3.8) is 0 Å². The van der Waals surface area contributed by atoms with Crippen LogP contribution < -0.4 is 9.47 Å². The van der Waals surface area contributed by atoms with Crippen molar-refractivity contribution in [3.8, 4) is 22.8 Å². The molecule has 0 amide bonds. The number of methoxy groups -OCH3 is 2. The summed E-state index contributed by atoms with van der Waals surface area (Å²) in [5, 5.41) is 0.329. The Morgan fingerprint density at radius 3 is 2.24 bits per heavy atom. The minimum atomic E-state index is 0.329. The largest absolute Gasteiger partial charge is 0.496 e. The van der Waals surface area contributed by atoms with Gasteiger partial charge in [-0.25, -0.2) is 4.98 Å². The summed E-state index contributed by atoms with van der Waals surface area (Å²) in [6.07, 6.45) is 3.10. The molecule has 5 heteroatoms. The topological polar surface area (TPSA) is 44.2 Å². The molecular weight excluding hydrogens is 240 g/mol. The van der Waals surface area contributed by atoms with E-state index in [2.05, 4.69) is 9.97 Å². The highest BCUT2D eigenvalue weighted by Gasteiger charge is 2.13. The second-order valence-electron chi connectivity index (χ2n) is 3.26. The molecule has 0 fully saturated rings. The van der Waals surface area contributed by atoms with Crippen molar-refractivity contribution in [2.75, 3.05) is 14.2 Å². The van der Waals surface area contributed by atoms with Crippen molar-refractivity contribution in [1.82, 2.24) is 9.97 Å². The lowest BCUT2D eigenvalue weighted by molar-refractivity contribution is 0.397. The van der Waals surface area contributed by atoms with Crippen LogP contribution in [-0.4, -0.2) is 24.2 Å². The lowest BCUT2D eigenvalue weighted by Crippen LogP contribution is -1.95. The van der Waals surface area contributed by atoms with Crippen molar-refractivity contribution < 1.29 is 9.47 Å². The van der Waals surface area contributed by atoms with Crippen molar-refractivity contribution in [1.29, 1.82) is 0 Å². The highest BCUT2D eigenvalue weighted by atomic mass is 35.5. The number of benzene rings is 1. The van der Waals surface area contributed by atoms with Crippen LogP contribution in [0.15, 0.2) is 30.6 Å². The van der Waals surface area contributed by atoms with Gasteiger partial charge < -0.3 is 9.47 Å². The van der Waals surface area contributed by atoms with Gasteiger partial charge in [0.2, 0.25) is 0 Å². The van der Waals surface area contributed by atoms with Crippen LogP contribution in [0.2, 0.25) is 5.15 Å². The third-order valence-electron chi connectivity index (χ3n) is 2.29. The first kappa shape index (κ1) is 11.7. The summed E-state index contributed by atoms with van der Waals surface area (Å²) in [4.78, 5) is 8.21. The van der Waals surface area contributed by atoms with Gasteiger partial charge in [-0.05, 0) is 12.1 Å². The summed E-state index contributed by atoms with van der Waals surface area (Å²) in [5.74, 6) is 1.34. The zero-order valence-electron chi connectivity index (χ0n) is 9.48. The number of halogens is 1. The molecule has 0 saturated heterocycles. The number of rotatable bonds is 3. The smallest absolute Gasteiger partial charge is 0.148 e. The third kappa shape index (κ3) is 2.31. The first-order valence-electron chi connectivity index (χ1n) is 4.95. The van der Waals surface area contributed by atoms with E-state index in [0.717, 1.165) is 5.56 Å². The van der Waals surface area contributed by atoms with E-state index in [1.54, 1.807) is 20.4 Å². The van der Waals surface area contributed by atoms with E-state index in [4.69, 9.17) is 21.1 Å². The molecule has 17 heavy (non-hydrogen) atoms. The standard InChI is InChI=1S/C12H11ClN2O2/c1-16-9-4-3-5-10(17-2)12(9)8-6-14-7-11(13)15-8/h3-7H,1-2H3. The molecule has 1 aromatic heterocycles. The Balaban J connectivity index is 2.64. The van der Waals surface area contributed by atoms with E-state index in [-0.39, 0.29) is 0 Å². The summed E-state index contributed by atoms with van der Waals surface area (Å²) in [5.41, 5.74) is 1.36. The number of hydrogen-bond acceptors (Lipinski definition) is 4. The van der Waals surface area contributed by atoms with E-state index >= 15 is 0 Å². The Morgan fingerprint density at radius 2 is 1.71 bits per heavy atom. The first-order valence-corrected chi connectivity index (χ1v) is 5.33. The van der Waals surface area contributed by atoms with Gasteiger partial charge in [0.1, 0.15) is 16.7 Å². The zero-order valence-corrected chi connectivity index (χ0v) is 10.2. The number of hydrogen-bond donors (Lipinski definition) is 0. The lowest BCUT2D eigenvalue weighted by Gasteiger charge is -2.12. The van der Waals surface area contributed by atoms with E-state index in [0.29, 0.717) is 22.3 Å². The zero-order chi connectivity index (χ0) is 12.3. The maximum absolute atomic E-state index is 5.83. The molecule has 0 spiro atoms. The Bertz CT molecular complexity index is 509. The second kappa shape index (κ2) is 5.01. The van der Waals surface area contributed by atoms with Crippen molar-refractivity contribution in [2.24, 2.45) is 0 Å². The van der Waals surface area contributed by atoms with Gasteiger partial charge in [0.05, 0.1) is 37.9 Å². The third-order valence-corrected chi connectivity index (χ3v) is 2.47. The predicted molar refractivity (Wildman–Crippen MR) is 65.6 cm³/mol. The summed E-state index contributed by atoms with van der Waals surface area (Å²) < 4.78 is 10.6. The van der Waals surface area contributed by atoms with Gasteiger partial charge in [0.15, 0.2) is 0 Å². The van der Waals surface area contributed by atoms with Gasteiger partial charge in [-0.1, -0.05) is 17.7 Å². The summed E-state index contributed by atoms with van der Waals surface area (Å²) in [6.45, 7) is 0. The van der Waals surface area contributed by atoms with Gasteiger partial charge in [-0.2, -0.15) is 0 Å². The van der Waals surface area contributed by atoms with E-state index in [9.17, 15) is 0 Å². The van der Waals surface area contributed by atoms with Gasteiger partial charge in [-0.15, -0.1) is 0 Å². The molecule has 0 saturated carbocycles. The fraction of sp³-hybridized carbons (Fsp3) is 0.167. The van der Waals surface area contributed by atoms with Crippen LogP contribution in [0.3, 0.4) is 0 Å². The molecule has 88 valence electrons. The molecule has 0 bridgehead atoms. The lowest BCUT2D eigenvalue weighted by atomic mass is 10.1. The Labute approximate surface area is 104 Å². The molecule has 0 atom stereocenters. The number of ether oxygens (including phenoxy) is 2. The van der Waals surface area contributed by atoms with Crippen molar-refractivity contribution in [2.45, 2.75) is 0 Å². The van der Waals surface area contributed by atoms with Gasteiger partial charge in [-0.3, -0.25) is 4.98 Å². The van der Waals surface area contributed by atoms with Gasteiger partial charge in [0.25, 0.3) is 0 Å². The van der Waals surface area contributed by atoms with Crippen LogP contribution in [0.25, 0.3) is 11.3 Å². The van der Waals surface area contributed by atoms with Crippen molar-refractivity contribution in [3.05, 3.63) is 35.7 Å². The molecular formula is C12H11ClN2O2. The quantitative estimate of drug-likeness (QED) is 0.840. The fourth-order valence-electron chi connectivity index (χ4n) is 1.57. The van der Waals surface area contributed by atoms with E-state index in [1.165, 1.54) is 6.20 Å². The molecule has 2 aromatic rings. The molecule has 1 aromatic carbocycles. The van der Waals surface area contributed by atoms with Gasteiger partial charge >= 0.3 is 0 Å². The van der Waals surface area contributed by atoms with Crippen LogP contribution in [0.5, 0.6) is 11.5 Å². The predicted octanol–water partition coefficient (Wildman–Crippen LogP) is 2.81. The molecule has 0 radical (unpaired) electrons. The summed E-state index contributed by atoms with van der Waals surface area (Å²) in [7, 11) is 3.19. The Hall–Kier alpha value is -1.81. The summed E-state index contributed by atoms with van der Waals surface area (Å²) in [6, 6.07) is 5.51. The molecule has 0 aliphatic rings. The van der Waals surface area contributed by atoms with Crippen molar-refractivity contribution >= 4 is 11.6 Å². The number of aromatic nitrogens is 2. The van der Waals surface area contributed by atoms with E-state index < -0.39 is 0 Å². The fourth-order valence-corrected chi connectivity index (χ4v) is 1.71.